The number of piperidine rings is 2. The smallest absolute Gasteiger partial charge is 0.255 e. The van der Waals surface area contributed by atoms with E-state index in [0.717, 1.165) is 51.3 Å². The van der Waals surface area contributed by atoms with Crippen LogP contribution in [0.5, 0.6) is 5.75 Å². The molecule has 0 aliphatic carbocycles. The summed E-state index contributed by atoms with van der Waals surface area (Å²) in [6, 6.07) is 15.7. The van der Waals surface area contributed by atoms with E-state index in [1.165, 1.54) is 18.4 Å². The molecule has 5 heteroatoms. The van der Waals surface area contributed by atoms with E-state index in [0.29, 0.717) is 22.6 Å². The Morgan fingerprint density at radius 1 is 0.967 bits per heavy atom. The summed E-state index contributed by atoms with van der Waals surface area (Å²) >= 11 is 6.23. The van der Waals surface area contributed by atoms with Crippen molar-refractivity contribution in [3.63, 3.8) is 0 Å². The molecule has 0 unspecified atom stereocenters. The summed E-state index contributed by atoms with van der Waals surface area (Å²) in [5, 5.41) is 0.545. The molecule has 2 aromatic rings. The van der Waals surface area contributed by atoms with Gasteiger partial charge in [0.15, 0.2) is 0 Å². The Morgan fingerprint density at radius 2 is 1.60 bits per heavy atom. The first-order valence-electron chi connectivity index (χ1n) is 11.1. The van der Waals surface area contributed by atoms with Gasteiger partial charge in [-0.25, -0.2) is 0 Å². The van der Waals surface area contributed by atoms with E-state index < -0.39 is 0 Å². The van der Waals surface area contributed by atoms with Gasteiger partial charge in [0.05, 0.1) is 17.2 Å². The normalized spacial score (nSPS) is 19.1. The number of amides is 1. The molecule has 4 rings (SSSR count). The predicted molar refractivity (Wildman–Crippen MR) is 121 cm³/mol. The van der Waals surface area contributed by atoms with Crippen molar-refractivity contribution in [2.24, 2.45) is 5.41 Å². The number of carbonyl (C=O) groups excluding carboxylic acids is 1. The van der Waals surface area contributed by atoms with E-state index >= 15 is 0 Å². The summed E-state index contributed by atoms with van der Waals surface area (Å²) < 4.78 is 5.79. The molecule has 1 amide bonds. The Hall–Kier alpha value is -2.04. The topological polar surface area (TPSA) is 32.8 Å². The molecule has 1 spiro atoms. The highest BCUT2D eigenvalue weighted by molar-refractivity contribution is 6.33. The second-order valence-corrected chi connectivity index (χ2v) is 9.00. The molecule has 2 aliphatic heterocycles. The minimum Gasteiger partial charge on any atom is -0.494 e. The molecule has 0 N–H and O–H groups in total. The first-order chi connectivity index (χ1) is 14.6. The average Bonchev–Trinajstić information content (AvgIpc) is 2.77. The maximum atomic E-state index is 12.9. The lowest BCUT2D eigenvalue weighted by Gasteiger charge is -2.47. The highest BCUT2D eigenvalue weighted by atomic mass is 35.5. The van der Waals surface area contributed by atoms with Gasteiger partial charge < -0.3 is 9.64 Å². The predicted octanol–water partition coefficient (Wildman–Crippen LogP) is 5.26. The number of likely N-dealkylation sites (tertiary alicyclic amines) is 2. The van der Waals surface area contributed by atoms with Crippen molar-refractivity contribution >= 4 is 17.5 Å². The molecule has 2 aromatic carbocycles. The zero-order valence-corrected chi connectivity index (χ0v) is 18.5. The van der Waals surface area contributed by atoms with Gasteiger partial charge in [0.1, 0.15) is 5.75 Å². The van der Waals surface area contributed by atoms with Crippen LogP contribution in [0.1, 0.15) is 48.5 Å². The Kier molecular flexibility index (Phi) is 6.64. The van der Waals surface area contributed by atoms with Crippen molar-refractivity contribution < 1.29 is 9.53 Å². The van der Waals surface area contributed by atoms with E-state index in [9.17, 15) is 4.79 Å². The van der Waals surface area contributed by atoms with Crippen LogP contribution < -0.4 is 4.74 Å². The molecule has 0 atom stereocenters. The molecular weight excluding hydrogens is 396 g/mol. The van der Waals surface area contributed by atoms with Gasteiger partial charge in [0.25, 0.3) is 5.91 Å². The van der Waals surface area contributed by atoms with Gasteiger partial charge in [-0.2, -0.15) is 0 Å². The molecule has 2 aliphatic rings. The number of halogens is 1. The SMILES string of the molecule is CCOc1ccccc1CN1CCC2(CC1)CCN(C(=O)c1ccccc1Cl)CC2. The van der Waals surface area contributed by atoms with E-state index in [2.05, 4.69) is 23.1 Å². The minimum absolute atomic E-state index is 0.0698. The van der Waals surface area contributed by atoms with E-state index in [1.807, 2.05) is 36.1 Å². The third-order valence-electron chi connectivity index (χ3n) is 6.80. The van der Waals surface area contributed by atoms with Gasteiger partial charge in [0, 0.05) is 25.2 Å². The Bertz CT molecular complexity index is 867. The Balaban J connectivity index is 1.31. The summed E-state index contributed by atoms with van der Waals surface area (Å²) in [5.74, 6) is 1.08. The number of rotatable bonds is 5. The molecule has 30 heavy (non-hydrogen) atoms. The summed E-state index contributed by atoms with van der Waals surface area (Å²) in [6.07, 6.45) is 4.59. The van der Waals surface area contributed by atoms with E-state index in [1.54, 1.807) is 6.07 Å². The van der Waals surface area contributed by atoms with Gasteiger partial charge in [-0.15, -0.1) is 0 Å². The van der Waals surface area contributed by atoms with E-state index in [4.69, 9.17) is 16.3 Å². The Labute approximate surface area is 184 Å². The quantitative estimate of drug-likeness (QED) is 0.654. The Morgan fingerprint density at radius 3 is 2.30 bits per heavy atom. The maximum Gasteiger partial charge on any atom is 0.255 e. The minimum atomic E-state index is 0.0698. The second-order valence-electron chi connectivity index (χ2n) is 8.59. The lowest BCUT2D eigenvalue weighted by molar-refractivity contribution is 0.0284. The first kappa shape index (κ1) is 21.2. The molecule has 0 radical (unpaired) electrons. The van der Waals surface area contributed by atoms with Gasteiger partial charge >= 0.3 is 0 Å². The van der Waals surface area contributed by atoms with Crippen molar-refractivity contribution in [3.8, 4) is 5.75 Å². The molecule has 2 saturated heterocycles. The largest absolute Gasteiger partial charge is 0.494 e. The van der Waals surface area contributed by atoms with Crippen LogP contribution in [0.2, 0.25) is 5.02 Å². The van der Waals surface area contributed by atoms with Crippen LogP contribution in [0, 0.1) is 5.41 Å². The molecule has 0 bridgehead atoms. The third-order valence-corrected chi connectivity index (χ3v) is 7.13. The molecule has 4 nitrogen and oxygen atoms in total. The van der Waals surface area contributed by atoms with Crippen molar-refractivity contribution in [2.45, 2.75) is 39.2 Å². The van der Waals surface area contributed by atoms with Gasteiger partial charge in [-0.1, -0.05) is 41.9 Å². The zero-order valence-electron chi connectivity index (χ0n) is 17.8. The monoisotopic (exact) mass is 426 g/mol. The zero-order chi connectivity index (χ0) is 21.0. The fraction of sp³-hybridized carbons (Fsp3) is 0.480. The van der Waals surface area contributed by atoms with Crippen LogP contribution in [-0.2, 0) is 6.54 Å². The second kappa shape index (κ2) is 9.40. The van der Waals surface area contributed by atoms with Crippen LogP contribution in [0.3, 0.4) is 0 Å². The summed E-state index contributed by atoms with van der Waals surface area (Å²) in [4.78, 5) is 17.4. The van der Waals surface area contributed by atoms with Crippen LogP contribution in [0.15, 0.2) is 48.5 Å². The standard InChI is InChI=1S/C25H31ClN2O2/c1-2-30-23-10-6-3-7-20(23)19-27-15-11-25(12-16-27)13-17-28(18-14-25)24(29)21-8-4-5-9-22(21)26/h3-10H,2,11-19H2,1H3. The third kappa shape index (κ3) is 4.65. The molecule has 160 valence electrons. The van der Waals surface area contributed by atoms with Crippen LogP contribution in [0.25, 0.3) is 0 Å². The molecule has 2 fully saturated rings. The molecule has 0 aromatic heterocycles. The summed E-state index contributed by atoms with van der Waals surface area (Å²) in [6.45, 7) is 7.56. The lowest BCUT2D eigenvalue weighted by Crippen LogP contribution is -2.48. The summed E-state index contributed by atoms with van der Waals surface area (Å²) in [5.41, 5.74) is 2.28. The number of para-hydroxylation sites is 1. The number of nitrogens with zero attached hydrogens (tertiary/aromatic N) is 2. The number of benzene rings is 2. The van der Waals surface area contributed by atoms with Gasteiger partial charge in [-0.3, -0.25) is 9.69 Å². The molecule has 0 saturated carbocycles. The van der Waals surface area contributed by atoms with Crippen molar-refractivity contribution in [3.05, 3.63) is 64.7 Å². The van der Waals surface area contributed by atoms with Gasteiger partial charge in [0.2, 0.25) is 0 Å². The number of hydrogen-bond donors (Lipinski definition) is 0. The van der Waals surface area contributed by atoms with Crippen LogP contribution in [-0.4, -0.2) is 48.5 Å². The van der Waals surface area contributed by atoms with Crippen molar-refractivity contribution in [1.82, 2.24) is 9.80 Å². The number of ether oxygens (including phenoxy) is 1. The highest BCUT2D eigenvalue weighted by Crippen LogP contribution is 2.42. The highest BCUT2D eigenvalue weighted by Gasteiger charge is 2.38. The summed E-state index contributed by atoms with van der Waals surface area (Å²) in [7, 11) is 0. The number of carbonyl (C=O) groups is 1. The first-order valence-corrected chi connectivity index (χ1v) is 11.4. The van der Waals surface area contributed by atoms with E-state index in [-0.39, 0.29) is 5.91 Å². The molecular formula is C25H31ClN2O2. The lowest BCUT2D eigenvalue weighted by atomic mass is 9.71. The number of hydrogen-bond acceptors (Lipinski definition) is 3. The van der Waals surface area contributed by atoms with Crippen LogP contribution >= 0.6 is 11.6 Å². The molecule has 2 heterocycles. The maximum absolute atomic E-state index is 12.9. The van der Waals surface area contributed by atoms with Crippen LogP contribution in [0.4, 0.5) is 0 Å². The average molecular weight is 427 g/mol. The van der Waals surface area contributed by atoms with Crippen molar-refractivity contribution in [2.75, 3.05) is 32.8 Å². The fourth-order valence-electron chi connectivity index (χ4n) is 4.85. The van der Waals surface area contributed by atoms with Crippen molar-refractivity contribution in [1.29, 1.82) is 0 Å². The fourth-order valence-corrected chi connectivity index (χ4v) is 5.06. The van der Waals surface area contributed by atoms with Gasteiger partial charge in [-0.05, 0) is 69.3 Å².